The number of hydrogen-bond donors (Lipinski definition) is 2. The average Bonchev–Trinajstić information content (AvgIpc) is 2.59. The number of carbonyl (C=O) groups is 2. The van der Waals surface area contributed by atoms with Crippen LogP contribution < -0.4 is 15.1 Å². The van der Waals surface area contributed by atoms with Crippen LogP contribution in [-0.4, -0.2) is 23.6 Å². The number of ether oxygens (including phenoxy) is 1. The summed E-state index contributed by atoms with van der Waals surface area (Å²) in [6, 6.07) is 9.24. The van der Waals surface area contributed by atoms with Crippen molar-refractivity contribution < 1.29 is 23.9 Å². The molecule has 6 nitrogen and oxygen atoms in total. The van der Waals surface area contributed by atoms with Crippen LogP contribution in [0.1, 0.15) is 21.5 Å². The highest BCUT2D eigenvalue weighted by Gasteiger charge is 2.26. The molecule has 2 aromatic rings. The monoisotopic (exact) mass is 330 g/mol. The van der Waals surface area contributed by atoms with Gasteiger partial charge in [-0.1, -0.05) is 12.1 Å². The first-order valence-corrected chi connectivity index (χ1v) is 7.26. The van der Waals surface area contributed by atoms with Crippen LogP contribution in [0.5, 0.6) is 5.75 Å². The van der Waals surface area contributed by atoms with Crippen molar-refractivity contribution in [2.24, 2.45) is 0 Å². The number of rotatable bonds is 3. The molecule has 124 valence electrons. The van der Waals surface area contributed by atoms with Gasteiger partial charge in [0, 0.05) is 5.56 Å². The number of aryl methyl sites for hydroxylation is 1. The fourth-order valence-corrected chi connectivity index (χ4v) is 2.50. The molecule has 3 rings (SSSR count). The van der Waals surface area contributed by atoms with Crippen molar-refractivity contribution in [3.63, 3.8) is 0 Å². The predicted octanol–water partition coefficient (Wildman–Crippen LogP) is 2.18. The van der Waals surface area contributed by atoms with E-state index in [4.69, 9.17) is 9.94 Å². The normalized spacial score (nSPS) is 13.3. The van der Waals surface area contributed by atoms with Gasteiger partial charge in [-0.3, -0.25) is 14.8 Å². The minimum atomic E-state index is -0.697. The van der Waals surface area contributed by atoms with Gasteiger partial charge in [0.2, 0.25) is 0 Å². The number of anilines is 1. The number of benzene rings is 2. The van der Waals surface area contributed by atoms with Crippen molar-refractivity contribution in [2.75, 3.05) is 11.5 Å². The zero-order valence-electron chi connectivity index (χ0n) is 12.9. The van der Waals surface area contributed by atoms with Crippen molar-refractivity contribution in [3.8, 4) is 5.75 Å². The summed E-state index contributed by atoms with van der Waals surface area (Å²) < 4.78 is 19.1. The van der Waals surface area contributed by atoms with E-state index in [9.17, 15) is 14.0 Å². The van der Waals surface area contributed by atoms with Crippen molar-refractivity contribution in [2.45, 2.75) is 13.5 Å². The summed E-state index contributed by atoms with van der Waals surface area (Å²) in [5, 5.41) is 8.75. The number of nitrogens with one attached hydrogen (secondary N) is 1. The van der Waals surface area contributed by atoms with E-state index in [0.29, 0.717) is 22.6 Å². The van der Waals surface area contributed by atoms with Gasteiger partial charge >= 0.3 is 0 Å². The number of hydroxylamine groups is 1. The first-order chi connectivity index (χ1) is 11.5. The van der Waals surface area contributed by atoms with E-state index in [1.54, 1.807) is 30.6 Å². The molecule has 0 aromatic heterocycles. The summed E-state index contributed by atoms with van der Waals surface area (Å²) in [7, 11) is 0. The number of carbonyl (C=O) groups excluding carboxylic acids is 2. The summed E-state index contributed by atoms with van der Waals surface area (Å²) in [5.41, 5.74) is 3.26. The Morgan fingerprint density at radius 1 is 1.33 bits per heavy atom. The van der Waals surface area contributed by atoms with Gasteiger partial charge in [-0.25, -0.2) is 9.87 Å². The maximum absolute atomic E-state index is 13.7. The van der Waals surface area contributed by atoms with E-state index in [1.165, 1.54) is 23.1 Å². The van der Waals surface area contributed by atoms with Gasteiger partial charge in [0.1, 0.15) is 11.6 Å². The topological polar surface area (TPSA) is 78.9 Å². The van der Waals surface area contributed by atoms with Gasteiger partial charge in [-0.05, 0) is 42.3 Å². The van der Waals surface area contributed by atoms with E-state index >= 15 is 0 Å². The molecule has 2 amide bonds. The molecule has 24 heavy (non-hydrogen) atoms. The Kier molecular flexibility index (Phi) is 4.18. The lowest BCUT2D eigenvalue weighted by Crippen LogP contribution is -2.38. The Morgan fingerprint density at radius 2 is 2.12 bits per heavy atom. The predicted molar refractivity (Wildman–Crippen MR) is 83.5 cm³/mol. The molecule has 0 fully saturated rings. The molecule has 2 aromatic carbocycles. The largest absolute Gasteiger partial charge is 0.482 e. The van der Waals surface area contributed by atoms with Crippen LogP contribution in [0.3, 0.4) is 0 Å². The Labute approximate surface area is 137 Å². The minimum absolute atomic E-state index is 0.132. The Balaban J connectivity index is 1.97. The van der Waals surface area contributed by atoms with Gasteiger partial charge in [-0.2, -0.15) is 0 Å². The van der Waals surface area contributed by atoms with Crippen molar-refractivity contribution in [1.29, 1.82) is 0 Å². The molecule has 1 aliphatic rings. The molecule has 0 atom stereocenters. The Morgan fingerprint density at radius 3 is 2.83 bits per heavy atom. The third-order valence-corrected chi connectivity index (χ3v) is 3.84. The smallest absolute Gasteiger partial charge is 0.274 e. The zero-order chi connectivity index (χ0) is 17.3. The first-order valence-electron chi connectivity index (χ1n) is 7.26. The van der Waals surface area contributed by atoms with Crippen LogP contribution in [0.2, 0.25) is 0 Å². The van der Waals surface area contributed by atoms with Gasteiger partial charge in [-0.15, -0.1) is 0 Å². The average molecular weight is 330 g/mol. The first kappa shape index (κ1) is 15.9. The van der Waals surface area contributed by atoms with Crippen LogP contribution >= 0.6 is 0 Å². The van der Waals surface area contributed by atoms with Crippen molar-refractivity contribution in [3.05, 3.63) is 58.9 Å². The highest BCUT2D eigenvalue weighted by atomic mass is 19.1. The standard InChI is InChI=1S/C17H15FN2O4/c1-10-2-3-11(6-13(10)18)8-20-14-7-12(17(22)19-23)4-5-15(14)24-9-16(20)21/h2-7,23H,8-9H2,1H3,(H,19,22). The second-order valence-electron chi connectivity index (χ2n) is 5.48. The molecular formula is C17H15FN2O4. The lowest BCUT2D eigenvalue weighted by molar-refractivity contribution is -0.121. The third-order valence-electron chi connectivity index (χ3n) is 3.84. The molecule has 0 radical (unpaired) electrons. The van der Waals surface area contributed by atoms with E-state index in [0.717, 1.165) is 0 Å². The maximum atomic E-state index is 13.7. The number of amides is 2. The van der Waals surface area contributed by atoms with Crippen LogP contribution in [0.4, 0.5) is 10.1 Å². The van der Waals surface area contributed by atoms with Crippen molar-refractivity contribution >= 4 is 17.5 Å². The lowest BCUT2D eigenvalue weighted by Gasteiger charge is -2.29. The maximum Gasteiger partial charge on any atom is 0.274 e. The molecule has 0 aliphatic carbocycles. The molecule has 1 aliphatic heterocycles. The molecule has 0 bridgehead atoms. The Bertz CT molecular complexity index is 822. The molecule has 1 heterocycles. The number of fused-ring (bicyclic) bond motifs is 1. The van der Waals surface area contributed by atoms with E-state index in [2.05, 4.69) is 0 Å². The van der Waals surface area contributed by atoms with Gasteiger partial charge in [0.15, 0.2) is 6.61 Å². The third kappa shape index (κ3) is 2.93. The molecule has 0 spiro atoms. The van der Waals surface area contributed by atoms with Crippen LogP contribution in [0.25, 0.3) is 0 Å². The second-order valence-corrected chi connectivity index (χ2v) is 5.48. The van der Waals surface area contributed by atoms with Crippen molar-refractivity contribution in [1.82, 2.24) is 5.48 Å². The molecule has 0 saturated heterocycles. The highest BCUT2D eigenvalue weighted by molar-refractivity contribution is 6.01. The quantitative estimate of drug-likeness (QED) is 0.668. The summed E-state index contributed by atoms with van der Waals surface area (Å²) in [6.07, 6.45) is 0. The fraction of sp³-hybridized carbons (Fsp3) is 0.176. The van der Waals surface area contributed by atoms with Crippen LogP contribution in [0.15, 0.2) is 36.4 Å². The van der Waals surface area contributed by atoms with E-state index in [1.807, 2.05) is 0 Å². The number of hydrogen-bond acceptors (Lipinski definition) is 4. The van der Waals surface area contributed by atoms with Gasteiger partial charge in [0.05, 0.1) is 12.2 Å². The lowest BCUT2D eigenvalue weighted by atomic mass is 10.1. The molecule has 0 saturated carbocycles. The second kappa shape index (κ2) is 6.29. The van der Waals surface area contributed by atoms with Crippen LogP contribution in [0, 0.1) is 12.7 Å². The molecule has 7 heteroatoms. The minimum Gasteiger partial charge on any atom is -0.482 e. The van der Waals surface area contributed by atoms with Gasteiger partial charge < -0.3 is 9.64 Å². The SMILES string of the molecule is Cc1ccc(CN2C(=O)COc3ccc(C(=O)NO)cc32)cc1F. The molecule has 0 unspecified atom stereocenters. The van der Waals surface area contributed by atoms with Crippen LogP contribution in [-0.2, 0) is 11.3 Å². The summed E-state index contributed by atoms with van der Waals surface area (Å²) in [6.45, 7) is 1.68. The number of halogens is 1. The summed E-state index contributed by atoms with van der Waals surface area (Å²) in [5.74, 6) is -0.902. The van der Waals surface area contributed by atoms with Gasteiger partial charge in [0.25, 0.3) is 11.8 Å². The Hall–Kier alpha value is -2.93. The fourth-order valence-electron chi connectivity index (χ4n) is 2.50. The number of nitrogens with zero attached hydrogens (tertiary/aromatic N) is 1. The summed E-state index contributed by atoms with van der Waals surface area (Å²) >= 11 is 0. The molecular weight excluding hydrogens is 315 g/mol. The van der Waals surface area contributed by atoms with E-state index < -0.39 is 5.91 Å². The highest BCUT2D eigenvalue weighted by Crippen LogP contribution is 2.34. The summed E-state index contributed by atoms with van der Waals surface area (Å²) in [4.78, 5) is 25.2. The molecule has 2 N–H and O–H groups in total. The zero-order valence-corrected chi connectivity index (χ0v) is 12.9. The van der Waals surface area contributed by atoms with E-state index in [-0.39, 0.29) is 30.4 Å².